The SMILES string of the molecule is [2H]OP(N)CCC. The van der Waals surface area contributed by atoms with Gasteiger partial charge in [-0.1, -0.05) is 6.92 Å². The molecule has 0 heterocycles. The van der Waals surface area contributed by atoms with Gasteiger partial charge in [0.05, 0.1) is 8.30 Å². The molecule has 0 aliphatic rings. The maximum absolute atomic E-state index is 6.32. The molecule has 1 unspecified atom stereocenters. The third-order valence-electron chi connectivity index (χ3n) is 0.444. The molecule has 0 bridgehead atoms. The van der Waals surface area contributed by atoms with Gasteiger partial charge in [-0.15, -0.1) is 0 Å². The lowest BCUT2D eigenvalue weighted by Crippen LogP contribution is -1.89. The zero-order valence-electron chi connectivity index (χ0n) is 4.85. The molecule has 0 amide bonds. The van der Waals surface area contributed by atoms with Crippen LogP contribution in [0.5, 0.6) is 0 Å². The molecule has 0 aromatic carbocycles. The predicted octanol–water partition coefficient (Wildman–Crippen LogP) is 0.659. The van der Waals surface area contributed by atoms with Gasteiger partial charge in [-0.25, -0.2) is 0 Å². The molecule has 0 aromatic heterocycles. The largest absolute Gasteiger partial charge is 0.359 e. The molecule has 0 aliphatic carbocycles. The Labute approximate surface area is 40.7 Å². The van der Waals surface area contributed by atoms with Crippen LogP contribution in [-0.2, 0) is 0 Å². The van der Waals surface area contributed by atoms with Crippen molar-refractivity contribution in [3.63, 3.8) is 0 Å². The first-order chi connectivity index (χ1) is 3.31. The summed E-state index contributed by atoms with van der Waals surface area (Å²) >= 11 is 0. The lowest BCUT2D eigenvalue weighted by molar-refractivity contribution is 0.623. The lowest BCUT2D eigenvalue weighted by Gasteiger charge is -1.95. The van der Waals surface area contributed by atoms with Gasteiger partial charge in [0.2, 0.25) is 1.43 Å². The Bertz CT molecular complexity index is 45.9. The molecule has 2 nitrogen and oxygen atoms in total. The highest BCUT2D eigenvalue weighted by atomic mass is 31.2. The average molecular weight is 108 g/mol. The summed E-state index contributed by atoms with van der Waals surface area (Å²) in [6.07, 6.45) is 1.83. The predicted molar refractivity (Wildman–Crippen MR) is 28.5 cm³/mol. The summed E-state index contributed by atoms with van der Waals surface area (Å²) in [6.45, 7) is 2.02. The quantitative estimate of drug-likeness (QED) is 0.521. The Morgan fingerprint density at radius 2 is 2.83 bits per heavy atom. The first kappa shape index (κ1) is 4.51. The molecule has 0 saturated carbocycles. The topological polar surface area (TPSA) is 46.2 Å². The van der Waals surface area contributed by atoms with Crippen LogP contribution >= 0.6 is 8.30 Å². The van der Waals surface area contributed by atoms with E-state index in [1.165, 1.54) is 0 Å². The van der Waals surface area contributed by atoms with Gasteiger partial charge >= 0.3 is 0 Å². The van der Waals surface area contributed by atoms with Crippen molar-refractivity contribution in [3.05, 3.63) is 0 Å². The minimum Gasteiger partial charge on any atom is -0.359 e. The van der Waals surface area contributed by atoms with Crippen LogP contribution < -0.4 is 5.50 Å². The van der Waals surface area contributed by atoms with Crippen LogP contribution in [0.25, 0.3) is 0 Å². The lowest BCUT2D eigenvalue weighted by atomic mass is 10.6. The number of hydrogen-bond acceptors (Lipinski definition) is 2. The highest BCUT2D eigenvalue weighted by Crippen LogP contribution is 2.17. The maximum atomic E-state index is 6.32. The summed E-state index contributed by atoms with van der Waals surface area (Å²) in [4.78, 5) is 4.08. The fourth-order valence-electron chi connectivity index (χ4n) is 0.220. The van der Waals surface area contributed by atoms with E-state index >= 15 is 0 Å². The van der Waals surface area contributed by atoms with E-state index in [1.54, 1.807) is 0 Å². The highest BCUT2D eigenvalue weighted by molar-refractivity contribution is 7.48. The molecule has 0 radical (unpaired) electrons. The van der Waals surface area contributed by atoms with Crippen LogP contribution in [0.2, 0.25) is 0 Å². The zero-order chi connectivity index (χ0) is 5.70. The van der Waals surface area contributed by atoms with Gasteiger partial charge in [0.25, 0.3) is 0 Å². The maximum Gasteiger partial charge on any atom is 0.217 e. The van der Waals surface area contributed by atoms with E-state index < -0.39 is 8.30 Å². The van der Waals surface area contributed by atoms with Gasteiger partial charge in [-0.2, -0.15) is 0 Å². The van der Waals surface area contributed by atoms with Crippen LogP contribution in [0.15, 0.2) is 0 Å². The summed E-state index contributed by atoms with van der Waals surface area (Å²) in [5.74, 6) is 0. The number of rotatable bonds is 3. The summed E-state index contributed by atoms with van der Waals surface area (Å²) < 4.78 is 6.32. The van der Waals surface area contributed by atoms with Crippen molar-refractivity contribution in [3.8, 4) is 0 Å². The van der Waals surface area contributed by atoms with E-state index in [-0.39, 0.29) is 0 Å². The minimum atomic E-state index is -0.912. The Hall–Kier alpha value is 0.350. The van der Waals surface area contributed by atoms with Crippen LogP contribution in [0, 0.1) is 0 Å². The monoisotopic (exact) mass is 108 g/mol. The van der Waals surface area contributed by atoms with E-state index in [2.05, 4.69) is 4.90 Å². The summed E-state index contributed by atoms with van der Waals surface area (Å²) in [5.41, 5.74) is 5.24. The molecule has 0 aromatic rings. The van der Waals surface area contributed by atoms with Crippen molar-refractivity contribution in [2.75, 3.05) is 6.16 Å². The van der Waals surface area contributed by atoms with Crippen molar-refractivity contribution in [1.82, 2.24) is 0 Å². The molecule has 6 heavy (non-hydrogen) atoms. The highest BCUT2D eigenvalue weighted by Gasteiger charge is 1.87. The van der Waals surface area contributed by atoms with Crippen molar-refractivity contribution >= 4 is 8.30 Å². The molecular weight excluding hydrogens is 97.0 g/mol. The molecule has 3 heteroatoms. The van der Waals surface area contributed by atoms with Crippen LogP contribution in [0.4, 0.5) is 0 Å². The smallest absolute Gasteiger partial charge is 0.217 e. The molecule has 0 aliphatic heterocycles. The van der Waals surface area contributed by atoms with Crippen molar-refractivity contribution in [2.45, 2.75) is 13.3 Å². The first-order valence-corrected chi connectivity index (χ1v) is 3.48. The van der Waals surface area contributed by atoms with Gasteiger partial charge in [0, 0.05) is 6.16 Å². The van der Waals surface area contributed by atoms with E-state index in [0.29, 0.717) is 0 Å². The van der Waals surface area contributed by atoms with Crippen molar-refractivity contribution < 1.29 is 4.90 Å². The van der Waals surface area contributed by atoms with E-state index in [0.717, 1.165) is 12.6 Å². The third-order valence-corrected chi connectivity index (χ3v) is 1.33. The fraction of sp³-hybridized carbons (Fsp3) is 1.00. The van der Waals surface area contributed by atoms with Gasteiger partial charge in [0.1, 0.15) is 0 Å². The standard InChI is InChI=1S/C3H10NOP/c1-2-3-6(4)5/h5H,2-4H2,1H3/i5D. The Balaban J connectivity index is 2.83. The number of hydrogen-bond donors (Lipinski definition) is 2. The zero-order valence-corrected chi connectivity index (χ0v) is 4.74. The molecule has 3 N–H and O–H groups in total. The van der Waals surface area contributed by atoms with Gasteiger partial charge < -0.3 is 4.90 Å². The Morgan fingerprint density at radius 1 is 2.17 bits per heavy atom. The van der Waals surface area contributed by atoms with Crippen LogP contribution in [0.3, 0.4) is 0 Å². The second-order valence-electron chi connectivity index (χ2n) is 1.14. The van der Waals surface area contributed by atoms with Crippen LogP contribution in [0.1, 0.15) is 13.3 Å². The average Bonchev–Trinajstić information content (AvgIpc) is 1.68. The van der Waals surface area contributed by atoms with E-state index in [1.807, 2.05) is 6.92 Å². The second kappa shape index (κ2) is 3.54. The van der Waals surface area contributed by atoms with E-state index in [9.17, 15) is 0 Å². The van der Waals surface area contributed by atoms with Gasteiger partial charge in [-0.3, -0.25) is 5.50 Å². The summed E-state index contributed by atoms with van der Waals surface area (Å²) in [7, 11) is -0.912. The molecule has 0 spiro atoms. The van der Waals surface area contributed by atoms with Crippen molar-refractivity contribution in [2.24, 2.45) is 5.50 Å². The van der Waals surface area contributed by atoms with Crippen molar-refractivity contribution in [1.29, 1.82) is 1.43 Å². The van der Waals surface area contributed by atoms with Gasteiger partial charge in [-0.05, 0) is 6.42 Å². The van der Waals surface area contributed by atoms with E-state index in [4.69, 9.17) is 6.94 Å². The summed E-state index contributed by atoms with van der Waals surface area (Å²) in [6, 6.07) is 0. The molecular formula is C3H10NOP. The minimum absolute atomic E-state index is 0.832. The molecule has 0 rings (SSSR count). The third kappa shape index (κ3) is 4.35. The van der Waals surface area contributed by atoms with Gasteiger partial charge in [0.15, 0.2) is 0 Å². The second-order valence-corrected chi connectivity index (χ2v) is 2.42. The Kier molecular flexibility index (Phi) is 2.66. The summed E-state index contributed by atoms with van der Waals surface area (Å²) in [5, 5.41) is 0. The molecule has 0 saturated heterocycles. The molecule has 38 valence electrons. The normalized spacial score (nSPS) is 16.7. The number of nitrogens with two attached hydrogens (primary N) is 1. The molecule has 0 fully saturated rings. The Morgan fingerprint density at radius 3 is 3.00 bits per heavy atom. The van der Waals surface area contributed by atoms with Crippen LogP contribution in [-0.4, -0.2) is 12.5 Å². The first-order valence-electron chi connectivity index (χ1n) is 2.37. The fourth-order valence-corrected chi connectivity index (χ4v) is 0.661. The molecule has 1 atom stereocenters.